The predicted octanol–water partition coefficient (Wildman–Crippen LogP) is 3.28. The lowest BCUT2D eigenvalue weighted by Gasteiger charge is -2.05. The van der Waals surface area contributed by atoms with E-state index < -0.39 is 9.84 Å². The fourth-order valence-electron chi connectivity index (χ4n) is 1.73. The van der Waals surface area contributed by atoms with Crippen LogP contribution in [0.5, 0.6) is 0 Å². The number of hydrogen-bond donors (Lipinski definition) is 0. The summed E-state index contributed by atoms with van der Waals surface area (Å²) in [7, 11) is -3.24. The highest BCUT2D eigenvalue weighted by molar-refractivity contribution is 7.90. The Balaban J connectivity index is 2.27. The van der Waals surface area contributed by atoms with Gasteiger partial charge in [-0.1, -0.05) is 47.5 Å². The molecule has 0 heterocycles. The van der Waals surface area contributed by atoms with Gasteiger partial charge in [-0.15, -0.1) is 0 Å². The third kappa shape index (κ3) is 2.99. The van der Waals surface area contributed by atoms with E-state index in [0.717, 1.165) is 16.7 Å². The van der Waals surface area contributed by atoms with Crippen LogP contribution in [-0.4, -0.2) is 8.42 Å². The summed E-state index contributed by atoms with van der Waals surface area (Å²) in [6, 6.07) is 14.6. The van der Waals surface area contributed by atoms with Crippen LogP contribution in [0.4, 0.5) is 0 Å². The molecule has 2 aromatic carbocycles. The summed E-state index contributed by atoms with van der Waals surface area (Å²) in [6.45, 7) is 3.93. The van der Waals surface area contributed by atoms with Crippen molar-refractivity contribution in [1.82, 2.24) is 0 Å². The van der Waals surface area contributed by atoms with Crippen molar-refractivity contribution >= 4 is 9.84 Å². The molecule has 0 bridgehead atoms. The topological polar surface area (TPSA) is 34.1 Å². The van der Waals surface area contributed by atoms with Gasteiger partial charge in [0.2, 0.25) is 0 Å². The van der Waals surface area contributed by atoms with E-state index in [-0.39, 0.29) is 5.75 Å². The maximum absolute atomic E-state index is 12.2. The quantitative estimate of drug-likeness (QED) is 0.848. The van der Waals surface area contributed by atoms with Gasteiger partial charge in [0, 0.05) is 0 Å². The van der Waals surface area contributed by atoms with E-state index in [1.54, 1.807) is 12.1 Å². The second-order valence-corrected chi connectivity index (χ2v) is 6.55. The number of hydrogen-bond acceptors (Lipinski definition) is 2. The van der Waals surface area contributed by atoms with Crippen molar-refractivity contribution in [3.63, 3.8) is 0 Å². The minimum absolute atomic E-state index is 0.0519. The zero-order valence-corrected chi connectivity index (χ0v) is 11.4. The van der Waals surface area contributed by atoms with Crippen LogP contribution in [0.1, 0.15) is 16.7 Å². The Kier molecular flexibility index (Phi) is 3.53. The molecule has 18 heavy (non-hydrogen) atoms. The molecular weight excluding hydrogens is 244 g/mol. The number of rotatable bonds is 3. The van der Waals surface area contributed by atoms with Crippen LogP contribution in [0, 0.1) is 13.8 Å². The molecule has 2 aromatic rings. The van der Waals surface area contributed by atoms with Crippen LogP contribution in [0.2, 0.25) is 0 Å². The summed E-state index contributed by atoms with van der Waals surface area (Å²) >= 11 is 0. The highest BCUT2D eigenvalue weighted by Crippen LogP contribution is 2.17. The Morgan fingerprint density at radius 1 is 0.778 bits per heavy atom. The highest BCUT2D eigenvalue weighted by Gasteiger charge is 2.14. The van der Waals surface area contributed by atoms with Crippen LogP contribution < -0.4 is 0 Å². The Labute approximate surface area is 108 Å². The summed E-state index contributed by atoms with van der Waals surface area (Å²) < 4.78 is 24.4. The maximum Gasteiger partial charge on any atom is 0.182 e. The highest BCUT2D eigenvalue weighted by atomic mass is 32.2. The van der Waals surface area contributed by atoms with Gasteiger partial charge in [-0.3, -0.25) is 0 Å². The summed E-state index contributed by atoms with van der Waals surface area (Å²) in [6.07, 6.45) is 0. The zero-order chi connectivity index (χ0) is 13.2. The molecular formula is C15H16O2S. The predicted molar refractivity (Wildman–Crippen MR) is 73.2 cm³/mol. The third-order valence-corrected chi connectivity index (χ3v) is 4.56. The molecule has 94 valence electrons. The average molecular weight is 260 g/mol. The summed E-state index contributed by atoms with van der Waals surface area (Å²) in [5.41, 5.74) is 3.01. The molecule has 0 N–H and O–H groups in total. The van der Waals surface area contributed by atoms with E-state index in [1.807, 2.05) is 50.2 Å². The van der Waals surface area contributed by atoms with E-state index in [1.165, 1.54) is 0 Å². The summed E-state index contributed by atoms with van der Waals surface area (Å²) in [5.74, 6) is 0.0519. The second kappa shape index (κ2) is 4.94. The normalized spacial score (nSPS) is 11.4. The molecule has 0 saturated heterocycles. The SMILES string of the molecule is Cc1ccc(CS(=O)(=O)c2ccc(C)cc2)cc1. The third-order valence-electron chi connectivity index (χ3n) is 2.86. The fraction of sp³-hybridized carbons (Fsp3) is 0.200. The van der Waals surface area contributed by atoms with Gasteiger partial charge in [-0.25, -0.2) is 8.42 Å². The van der Waals surface area contributed by atoms with Gasteiger partial charge in [0.25, 0.3) is 0 Å². The number of benzene rings is 2. The molecule has 0 aliphatic carbocycles. The van der Waals surface area contributed by atoms with Gasteiger partial charge in [0.05, 0.1) is 10.6 Å². The summed E-state index contributed by atoms with van der Waals surface area (Å²) in [4.78, 5) is 0.383. The first kappa shape index (κ1) is 12.8. The van der Waals surface area contributed by atoms with E-state index in [2.05, 4.69) is 0 Å². The standard InChI is InChI=1S/C15H16O2S/c1-12-3-7-14(8-4-12)11-18(16,17)15-9-5-13(2)6-10-15/h3-10H,11H2,1-2H3. The Morgan fingerprint density at radius 3 is 1.72 bits per heavy atom. The van der Waals surface area contributed by atoms with E-state index in [9.17, 15) is 8.42 Å². The van der Waals surface area contributed by atoms with Crippen LogP contribution in [0.25, 0.3) is 0 Å². The average Bonchev–Trinajstić information content (AvgIpc) is 2.32. The fourth-order valence-corrected chi connectivity index (χ4v) is 3.08. The molecule has 2 nitrogen and oxygen atoms in total. The summed E-state index contributed by atoms with van der Waals surface area (Å²) in [5, 5.41) is 0. The van der Waals surface area contributed by atoms with Crippen molar-refractivity contribution < 1.29 is 8.42 Å². The molecule has 0 aliphatic heterocycles. The van der Waals surface area contributed by atoms with Gasteiger partial charge >= 0.3 is 0 Å². The molecule has 0 amide bonds. The Bertz CT molecular complexity index is 623. The first-order valence-corrected chi connectivity index (χ1v) is 7.47. The Morgan fingerprint density at radius 2 is 1.22 bits per heavy atom. The van der Waals surface area contributed by atoms with Crippen molar-refractivity contribution in [2.75, 3.05) is 0 Å². The monoisotopic (exact) mass is 260 g/mol. The molecule has 0 spiro atoms. The molecule has 3 heteroatoms. The zero-order valence-electron chi connectivity index (χ0n) is 10.6. The van der Waals surface area contributed by atoms with E-state index in [4.69, 9.17) is 0 Å². The van der Waals surface area contributed by atoms with Gasteiger partial charge in [0.1, 0.15) is 0 Å². The molecule has 0 unspecified atom stereocenters. The van der Waals surface area contributed by atoms with Gasteiger partial charge in [0.15, 0.2) is 9.84 Å². The van der Waals surface area contributed by atoms with Crippen molar-refractivity contribution in [2.45, 2.75) is 24.5 Å². The molecule has 0 radical (unpaired) electrons. The van der Waals surface area contributed by atoms with Crippen molar-refractivity contribution in [1.29, 1.82) is 0 Å². The lowest BCUT2D eigenvalue weighted by molar-refractivity contribution is 0.595. The molecule has 0 fully saturated rings. The van der Waals surface area contributed by atoms with Crippen LogP contribution in [-0.2, 0) is 15.6 Å². The van der Waals surface area contributed by atoms with Crippen molar-refractivity contribution in [2.24, 2.45) is 0 Å². The van der Waals surface area contributed by atoms with Crippen LogP contribution >= 0.6 is 0 Å². The number of sulfone groups is 1. The molecule has 2 rings (SSSR count). The van der Waals surface area contributed by atoms with Crippen molar-refractivity contribution in [3.05, 3.63) is 65.2 Å². The lowest BCUT2D eigenvalue weighted by atomic mass is 10.2. The van der Waals surface area contributed by atoms with Crippen LogP contribution in [0.3, 0.4) is 0 Å². The molecule has 0 aliphatic rings. The Hall–Kier alpha value is -1.61. The van der Waals surface area contributed by atoms with Crippen LogP contribution in [0.15, 0.2) is 53.4 Å². The molecule has 0 saturated carbocycles. The van der Waals surface area contributed by atoms with E-state index >= 15 is 0 Å². The lowest BCUT2D eigenvalue weighted by Crippen LogP contribution is -2.04. The van der Waals surface area contributed by atoms with Crippen molar-refractivity contribution in [3.8, 4) is 0 Å². The first-order chi connectivity index (χ1) is 8.47. The minimum atomic E-state index is -3.24. The first-order valence-electron chi connectivity index (χ1n) is 5.82. The smallest absolute Gasteiger partial charge is 0.182 e. The van der Waals surface area contributed by atoms with Gasteiger partial charge in [-0.2, -0.15) is 0 Å². The maximum atomic E-state index is 12.2. The van der Waals surface area contributed by atoms with Gasteiger partial charge in [-0.05, 0) is 31.5 Å². The largest absolute Gasteiger partial charge is 0.223 e. The minimum Gasteiger partial charge on any atom is -0.223 e. The molecule has 0 atom stereocenters. The number of aryl methyl sites for hydroxylation is 2. The second-order valence-electron chi connectivity index (χ2n) is 4.56. The van der Waals surface area contributed by atoms with E-state index in [0.29, 0.717) is 4.90 Å². The molecule has 0 aromatic heterocycles. The van der Waals surface area contributed by atoms with Gasteiger partial charge < -0.3 is 0 Å².